The number of allylic oxidation sites excluding steroid dienone is 1. The van der Waals surface area contributed by atoms with E-state index < -0.39 is 0 Å². The maximum Gasteiger partial charge on any atom is 0.261 e. The number of anilines is 1. The summed E-state index contributed by atoms with van der Waals surface area (Å²) < 4.78 is 7.89. The van der Waals surface area contributed by atoms with E-state index in [1.54, 1.807) is 23.2 Å². The second kappa shape index (κ2) is 10.2. The summed E-state index contributed by atoms with van der Waals surface area (Å²) in [6.07, 6.45) is 8.39. The molecule has 1 unspecified atom stereocenters. The second-order valence-electron chi connectivity index (χ2n) is 8.33. The van der Waals surface area contributed by atoms with Crippen LogP contribution in [0.2, 0.25) is 4.34 Å². The molecule has 0 radical (unpaired) electrons. The SMILES string of the molecule is Cc1cc(-n2cc(CNC(=O)c3ccc(Cl)s3)nc2C2C=CN=CC2)ccc1N1CCOCC1=O. The molecule has 1 saturated heterocycles. The Morgan fingerprint density at radius 3 is 2.91 bits per heavy atom. The fraction of sp³-hybridized carbons (Fsp3) is 0.280. The summed E-state index contributed by atoms with van der Waals surface area (Å²) >= 11 is 7.20. The molecule has 4 heterocycles. The number of nitrogens with one attached hydrogen (secondary N) is 1. The number of rotatable bonds is 6. The van der Waals surface area contributed by atoms with Crippen LogP contribution in [0, 0.1) is 6.92 Å². The van der Waals surface area contributed by atoms with Crippen LogP contribution < -0.4 is 10.2 Å². The smallest absolute Gasteiger partial charge is 0.261 e. The van der Waals surface area contributed by atoms with Crippen molar-refractivity contribution in [2.75, 3.05) is 24.7 Å². The van der Waals surface area contributed by atoms with E-state index in [1.807, 2.05) is 37.5 Å². The number of aromatic nitrogens is 2. The van der Waals surface area contributed by atoms with E-state index in [1.165, 1.54) is 11.3 Å². The van der Waals surface area contributed by atoms with Crippen molar-refractivity contribution in [2.24, 2.45) is 4.99 Å². The zero-order valence-corrected chi connectivity index (χ0v) is 20.7. The van der Waals surface area contributed by atoms with Crippen LogP contribution in [0.5, 0.6) is 0 Å². The summed E-state index contributed by atoms with van der Waals surface area (Å²) in [4.78, 5) is 36.2. The van der Waals surface area contributed by atoms with Gasteiger partial charge in [0, 0.05) is 42.4 Å². The van der Waals surface area contributed by atoms with Gasteiger partial charge in [0.05, 0.1) is 28.1 Å². The number of carbonyl (C=O) groups is 2. The quantitative estimate of drug-likeness (QED) is 0.537. The number of hydrogen-bond acceptors (Lipinski definition) is 6. The fourth-order valence-corrected chi connectivity index (χ4v) is 5.18. The highest BCUT2D eigenvalue weighted by Gasteiger charge is 2.23. The van der Waals surface area contributed by atoms with Crippen LogP contribution in [0.1, 0.15) is 39.1 Å². The molecule has 0 saturated carbocycles. The molecule has 2 amide bonds. The Labute approximate surface area is 211 Å². The van der Waals surface area contributed by atoms with Crippen LogP contribution in [-0.4, -0.2) is 47.3 Å². The average Bonchev–Trinajstić information content (AvgIpc) is 3.50. The molecular formula is C25H24ClN5O3S. The lowest BCUT2D eigenvalue weighted by Crippen LogP contribution is -2.42. The Bertz CT molecular complexity index is 1330. The first kappa shape index (κ1) is 23.5. The molecule has 2 aliphatic rings. The second-order valence-corrected chi connectivity index (χ2v) is 10.0. The molecule has 1 aromatic carbocycles. The van der Waals surface area contributed by atoms with Gasteiger partial charge in [0.2, 0.25) is 0 Å². The topological polar surface area (TPSA) is 88.8 Å². The number of halogens is 1. The van der Waals surface area contributed by atoms with Gasteiger partial charge in [0.25, 0.3) is 11.8 Å². The van der Waals surface area contributed by atoms with Crippen molar-refractivity contribution in [1.82, 2.24) is 14.9 Å². The number of hydrogen-bond donors (Lipinski definition) is 1. The molecule has 35 heavy (non-hydrogen) atoms. The Morgan fingerprint density at radius 1 is 1.31 bits per heavy atom. The van der Waals surface area contributed by atoms with Gasteiger partial charge >= 0.3 is 0 Å². The summed E-state index contributed by atoms with van der Waals surface area (Å²) in [5.41, 5.74) is 3.56. The van der Waals surface area contributed by atoms with E-state index in [0.717, 1.165) is 34.9 Å². The van der Waals surface area contributed by atoms with Gasteiger partial charge in [-0.25, -0.2) is 4.98 Å². The number of thiophene rings is 1. The largest absolute Gasteiger partial charge is 0.370 e. The third-order valence-electron chi connectivity index (χ3n) is 5.95. The molecule has 3 aromatic rings. The fourth-order valence-electron chi connectivity index (χ4n) is 4.22. The van der Waals surface area contributed by atoms with Gasteiger partial charge in [-0.3, -0.25) is 14.6 Å². The number of amides is 2. The highest BCUT2D eigenvalue weighted by Crippen LogP contribution is 2.29. The van der Waals surface area contributed by atoms with Crippen molar-refractivity contribution in [3.63, 3.8) is 0 Å². The lowest BCUT2D eigenvalue weighted by molar-refractivity contribution is -0.125. The molecule has 1 atom stereocenters. The molecule has 0 spiro atoms. The third-order valence-corrected chi connectivity index (χ3v) is 7.18. The molecule has 5 rings (SSSR count). The van der Waals surface area contributed by atoms with E-state index in [2.05, 4.69) is 20.9 Å². The van der Waals surface area contributed by atoms with Crippen molar-refractivity contribution in [3.8, 4) is 5.69 Å². The van der Waals surface area contributed by atoms with E-state index in [4.69, 9.17) is 21.3 Å². The Kier molecular flexibility index (Phi) is 6.81. The number of aryl methyl sites for hydroxylation is 1. The number of morpholine rings is 1. The standard InChI is InChI=1S/C25H24ClN5O3S/c1-16-12-19(2-3-20(16)30-10-11-34-15-23(30)32)31-14-18(29-24(31)17-6-8-27-9-7-17)13-28-25(33)21-4-5-22(26)35-21/h2-6,8-9,12,14,17H,7,10-11,13,15H2,1H3,(H,28,33). The van der Waals surface area contributed by atoms with Gasteiger partial charge in [-0.2, -0.15) is 0 Å². The Hall–Kier alpha value is -3.27. The van der Waals surface area contributed by atoms with Gasteiger partial charge in [0.1, 0.15) is 12.4 Å². The molecule has 180 valence electrons. The number of imidazole rings is 1. The maximum atomic E-state index is 12.5. The summed E-state index contributed by atoms with van der Waals surface area (Å²) in [6, 6.07) is 9.44. The first-order valence-corrected chi connectivity index (χ1v) is 12.5. The minimum absolute atomic E-state index is 0.0351. The first-order chi connectivity index (χ1) is 17.0. The van der Waals surface area contributed by atoms with Gasteiger partial charge in [-0.1, -0.05) is 17.7 Å². The van der Waals surface area contributed by atoms with Crippen molar-refractivity contribution in [1.29, 1.82) is 0 Å². The van der Waals surface area contributed by atoms with Gasteiger partial charge < -0.3 is 19.5 Å². The van der Waals surface area contributed by atoms with E-state index in [0.29, 0.717) is 22.4 Å². The monoisotopic (exact) mass is 509 g/mol. The highest BCUT2D eigenvalue weighted by atomic mass is 35.5. The lowest BCUT2D eigenvalue weighted by Gasteiger charge is -2.28. The molecule has 8 nitrogen and oxygen atoms in total. The zero-order chi connectivity index (χ0) is 24.4. The summed E-state index contributed by atoms with van der Waals surface area (Å²) in [6.45, 7) is 3.47. The molecule has 0 aliphatic carbocycles. The Morgan fingerprint density at radius 2 is 2.20 bits per heavy atom. The predicted octanol–water partition coefficient (Wildman–Crippen LogP) is 4.26. The van der Waals surface area contributed by atoms with E-state index in [-0.39, 0.29) is 30.9 Å². The van der Waals surface area contributed by atoms with Crippen molar-refractivity contribution >= 4 is 46.7 Å². The number of aliphatic imine (C=N–C) groups is 1. The Balaban J connectivity index is 1.43. The summed E-state index contributed by atoms with van der Waals surface area (Å²) in [5.74, 6) is 0.712. The van der Waals surface area contributed by atoms with Crippen molar-refractivity contribution in [2.45, 2.75) is 25.8 Å². The third kappa shape index (κ3) is 5.07. The van der Waals surface area contributed by atoms with Crippen LogP contribution >= 0.6 is 22.9 Å². The molecule has 10 heteroatoms. The van der Waals surface area contributed by atoms with Crippen molar-refractivity contribution < 1.29 is 14.3 Å². The normalized spacial score (nSPS) is 17.7. The summed E-state index contributed by atoms with van der Waals surface area (Å²) in [7, 11) is 0. The minimum atomic E-state index is -0.182. The lowest BCUT2D eigenvalue weighted by atomic mass is 10.0. The molecule has 2 aromatic heterocycles. The number of ether oxygens (including phenoxy) is 1. The van der Waals surface area contributed by atoms with Gasteiger partial charge in [-0.15, -0.1) is 11.3 Å². The van der Waals surface area contributed by atoms with Gasteiger partial charge in [0.15, 0.2) is 0 Å². The van der Waals surface area contributed by atoms with Crippen LogP contribution in [0.15, 0.2) is 53.8 Å². The molecule has 1 fully saturated rings. The molecule has 2 aliphatic heterocycles. The van der Waals surface area contributed by atoms with E-state index >= 15 is 0 Å². The number of nitrogens with zero attached hydrogens (tertiary/aromatic N) is 4. The van der Waals surface area contributed by atoms with Crippen LogP contribution in [0.3, 0.4) is 0 Å². The number of benzene rings is 1. The highest BCUT2D eigenvalue weighted by molar-refractivity contribution is 7.18. The zero-order valence-electron chi connectivity index (χ0n) is 19.1. The van der Waals surface area contributed by atoms with Crippen molar-refractivity contribution in [3.05, 3.63) is 75.1 Å². The molecule has 0 bridgehead atoms. The number of carbonyl (C=O) groups excluding carboxylic acids is 2. The predicted molar refractivity (Wildman–Crippen MR) is 137 cm³/mol. The first-order valence-electron chi connectivity index (χ1n) is 11.3. The van der Waals surface area contributed by atoms with Crippen LogP contribution in [0.4, 0.5) is 5.69 Å². The van der Waals surface area contributed by atoms with Crippen LogP contribution in [-0.2, 0) is 16.1 Å². The average molecular weight is 510 g/mol. The van der Waals surface area contributed by atoms with Gasteiger partial charge in [-0.05, 0) is 49.2 Å². The van der Waals surface area contributed by atoms with Crippen LogP contribution in [0.25, 0.3) is 5.69 Å². The maximum absolute atomic E-state index is 12.5. The minimum Gasteiger partial charge on any atom is -0.370 e. The van der Waals surface area contributed by atoms with E-state index in [9.17, 15) is 9.59 Å². The summed E-state index contributed by atoms with van der Waals surface area (Å²) in [5, 5.41) is 2.93. The molecular weight excluding hydrogens is 486 g/mol. The molecule has 1 N–H and O–H groups in total.